The van der Waals surface area contributed by atoms with Gasteiger partial charge in [0.25, 0.3) is 0 Å². The van der Waals surface area contributed by atoms with E-state index in [2.05, 4.69) is 5.10 Å². The van der Waals surface area contributed by atoms with Gasteiger partial charge < -0.3 is 10.0 Å². The van der Waals surface area contributed by atoms with Crippen molar-refractivity contribution < 1.29 is 14.7 Å². The van der Waals surface area contributed by atoms with Crippen LogP contribution in [0.3, 0.4) is 0 Å². The van der Waals surface area contributed by atoms with Gasteiger partial charge >= 0.3 is 5.97 Å². The van der Waals surface area contributed by atoms with Crippen LogP contribution in [0.2, 0.25) is 0 Å². The van der Waals surface area contributed by atoms with Crippen LogP contribution in [0, 0.1) is 13.8 Å². The highest BCUT2D eigenvalue weighted by atomic mass is 16.4. The quantitative estimate of drug-likeness (QED) is 0.892. The van der Waals surface area contributed by atoms with Crippen LogP contribution in [0.5, 0.6) is 0 Å². The van der Waals surface area contributed by atoms with Crippen LogP contribution < -0.4 is 0 Å². The molecule has 6 nitrogen and oxygen atoms in total. The minimum absolute atomic E-state index is 0.108. The van der Waals surface area contributed by atoms with Crippen molar-refractivity contribution in [1.29, 1.82) is 0 Å². The predicted molar refractivity (Wildman–Crippen MR) is 75.5 cm³/mol. The Hall–Kier alpha value is -1.85. The number of nitrogens with zero attached hydrogens (tertiary/aromatic N) is 3. The van der Waals surface area contributed by atoms with Gasteiger partial charge in [-0.2, -0.15) is 5.10 Å². The van der Waals surface area contributed by atoms with E-state index in [4.69, 9.17) is 5.11 Å². The Kier molecular flexibility index (Phi) is 4.57. The highest BCUT2D eigenvalue weighted by Gasteiger charge is 2.35. The lowest BCUT2D eigenvalue weighted by atomic mass is 10.0. The molecule has 0 saturated carbocycles. The molecule has 1 rings (SSSR count). The predicted octanol–water partition coefficient (Wildman–Crippen LogP) is 1.77. The molecule has 1 atom stereocenters. The average molecular weight is 281 g/mol. The van der Waals surface area contributed by atoms with Gasteiger partial charge in [0.15, 0.2) is 0 Å². The molecule has 1 unspecified atom stereocenters. The third-order valence-corrected chi connectivity index (χ3v) is 3.67. The fraction of sp³-hybridized carbons (Fsp3) is 0.643. The van der Waals surface area contributed by atoms with E-state index < -0.39 is 11.5 Å². The highest BCUT2D eigenvalue weighted by Crippen LogP contribution is 2.19. The number of aliphatic carboxylic acids is 1. The molecule has 1 aromatic rings. The molecule has 0 aromatic carbocycles. The van der Waals surface area contributed by atoms with E-state index in [9.17, 15) is 9.59 Å². The molecular formula is C14H23N3O3. The van der Waals surface area contributed by atoms with Gasteiger partial charge in [0.2, 0.25) is 5.91 Å². The summed E-state index contributed by atoms with van der Waals surface area (Å²) in [6.45, 7) is 8.77. The van der Waals surface area contributed by atoms with Crippen molar-refractivity contribution in [3.8, 4) is 0 Å². The summed E-state index contributed by atoms with van der Waals surface area (Å²) in [6, 6.07) is 1.84. The maximum absolute atomic E-state index is 12.2. The van der Waals surface area contributed by atoms with Crippen LogP contribution in [0.15, 0.2) is 6.07 Å². The van der Waals surface area contributed by atoms with Gasteiger partial charge in [-0.15, -0.1) is 0 Å². The molecule has 20 heavy (non-hydrogen) atoms. The monoisotopic (exact) mass is 281 g/mol. The molecule has 0 bridgehead atoms. The van der Waals surface area contributed by atoms with Crippen molar-refractivity contribution >= 4 is 11.9 Å². The lowest BCUT2D eigenvalue weighted by Crippen LogP contribution is -2.51. The molecule has 0 spiro atoms. The second-order valence-electron chi connectivity index (χ2n) is 5.74. The fourth-order valence-electron chi connectivity index (χ4n) is 2.02. The second kappa shape index (κ2) is 5.64. The molecule has 6 heteroatoms. The highest BCUT2D eigenvalue weighted by molar-refractivity contribution is 5.86. The Morgan fingerprint density at radius 3 is 2.40 bits per heavy atom. The SMILES string of the molecule is Cc1cc(C)n(C(C)CC(=O)N(C)C(C)(C)C(=O)O)n1. The Morgan fingerprint density at radius 2 is 2.00 bits per heavy atom. The Labute approximate surface area is 119 Å². The molecule has 0 aliphatic carbocycles. The zero-order valence-corrected chi connectivity index (χ0v) is 13.0. The van der Waals surface area contributed by atoms with Crippen LogP contribution in [-0.2, 0) is 9.59 Å². The first-order valence-electron chi connectivity index (χ1n) is 6.60. The smallest absolute Gasteiger partial charge is 0.329 e. The van der Waals surface area contributed by atoms with Gasteiger partial charge in [0, 0.05) is 19.2 Å². The Bertz CT molecular complexity index is 520. The molecular weight excluding hydrogens is 258 g/mol. The molecule has 0 radical (unpaired) electrons. The van der Waals surface area contributed by atoms with E-state index in [0.717, 1.165) is 11.4 Å². The largest absolute Gasteiger partial charge is 0.480 e. The number of hydrogen-bond donors (Lipinski definition) is 1. The van der Waals surface area contributed by atoms with Crippen molar-refractivity contribution in [3.05, 3.63) is 17.5 Å². The summed E-state index contributed by atoms with van der Waals surface area (Å²) < 4.78 is 1.80. The number of carbonyl (C=O) groups is 2. The van der Waals surface area contributed by atoms with E-state index >= 15 is 0 Å². The molecule has 1 heterocycles. The number of rotatable bonds is 5. The fourth-order valence-corrected chi connectivity index (χ4v) is 2.02. The topological polar surface area (TPSA) is 75.4 Å². The summed E-state index contributed by atoms with van der Waals surface area (Å²) in [5.41, 5.74) is 0.676. The third kappa shape index (κ3) is 3.18. The van der Waals surface area contributed by atoms with Crippen LogP contribution in [0.25, 0.3) is 0 Å². The summed E-state index contributed by atoms with van der Waals surface area (Å²) in [4.78, 5) is 24.7. The van der Waals surface area contributed by atoms with Gasteiger partial charge in [0.1, 0.15) is 5.54 Å². The maximum atomic E-state index is 12.2. The zero-order chi connectivity index (χ0) is 15.7. The minimum Gasteiger partial charge on any atom is -0.480 e. The van der Waals surface area contributed by atoms with Crippen LogP contribution in [0.1, 0.15) is 44.6 Å². The molecule has 0 aliphatic heterocycles. The number of likely N-dealkylation sites (N-methyl/N-ethyl adjacent to an activating group) is 1. The lowest BCUT2D eigenvalue weighted by Gasteiger charge is -2.32. The average Bonchev–Trinajstić information content (AvgIpc) is 2.67. The van der Waals surface area contributed by atoms with Crippen molar-refractivity contribution in [2.75, 3.05) is 7.05 Å². The van der Waals surface area contributed by atoms with Crippen LogP contribution >= 0.6 is 0 Å². The van der Waals surface area contributed by atoms with Gasteiger partial charge in [-0.25, -0.2) is 4.79 Å². The summed E-state index contributed by atoms with van der Waals surface area (Å²) in [7, 11) is 1.52. The van der Waals surface area contributed by atoms with E-state index in [1.54, 1.807) is 4.68 Å². The molecule has 1 N–H and O–H groups in total. The standard InChI is InChI=1S/C14H23N3O3/c1-9-7-10(2)17(15-9)11(3)8-12(18)16(6)14(4,5)13(19)20/h7,11H,8H2,1-6H3,(H,19,20). The second-order valence-corrected chi connectivity index (χ2v) is 5.74. The van der Waals surface area contributed by atoms with Crippen molar-refractivity contribution in [2.45, 2.75) is 52.6 Å². The maximum Gasteiger partial charge on any atom is 0.329 e. The van der Waals surface area contributed by atoms with Crippen LogP contribution in [0.4, 0.5) is 0 Å². The number of hydrogen-bond acceptors (Lipinski definition) is 3. The Balaban J connectivity index is 2.81. The molecule has 0 fully saturated rings. The van der Waals surface area contributed by atoms with E-state index in [1.165, 1.54) is 25.8 Å². The van der Waals surface area contributed by atoms with E-state index in [-0.39, 0.29) is 18.4 Å². The third-order valence-electron chi connectivity index (χ3n) is 3.67. The van der Waals surface area contributed by atoms with Crippen molar-refractivity contribution in [3.63, 3.8) is 0 Å². The number of carbonyl (C=O) groups excluding carboxylic acids is 1. The number of amides is 1. The molecule has 1 amide bonds. The number of aromatic nitrogens is 2. The van der Waals surface area contributed by atoms with Gasteiger partial charge in [-0.3, -0.25) is 9.48 Å². The summed E-state index contributed by atoms with van der Waals surface area (Å²) in [6.07, 6.45) is 0.217. The lowest BCUT2D eigenvalue weighted by molar-refractivity contribution is -0.155. The minimum atomic E-state index is -1.22. The van der Waals surface area contributed by atoms with Gasteiger partial charge in [-0.05, 0) is 40.7 Å². The summed E-state index contributed by atoms with van der Waals surface area (Å²) in [5, 5.41) is 13.5. The molecule has 112 valence electrons. The zero-order valence-electron chi connectivity index (χ0n) is 13.0. The number of carboxylic acids is 1. The van der Waals surface area contributed by atoms with Crippen molar-refractivity contribution in [1.82, 2.24) is 14.7 Å². The first-order valence-corrected chi connectivity index (χ1v) is 6.60. The van der Waals surface area contributed by atoms with Crippen LogP contribution in [-0.4, -0.2) is 44.3 Å². The van der Waals surface area contributed by atoms with Gasteiger partial charge in [-0.1, -0.05) is 0 Å². The summed E-state index contributed by atoms with van der Waals surface area (Å²) >= 11 is 0. The van der Waals surface area contributed by atoms with E-state index in [0.29, 0.717) is 0 Å². The summed E-state index contributed by atoms with van der Waals surface area (Å²) in [5.74, 6) is -1.23. The van der Waals surface area contributed by atoms with Gasteiger partial charge in [0.05, 0.1) is 11.7 Å². The molecule has 1 aromatic heterocycles. The molecule has 0 saturated heterocycles. The number of carboxylic acid groups (broad SMARTS) is 1. The first-order chi connectivity index (χ1) is 9.07. The Morgan fingerprint density at radius 1 is 1.45 bits per heavy atom. The molecule has 0 aliphatic rings. The number of aryl methyl sites for hydroxylation is 2. The van der Waals surface area contributed by atoms with E-state index in [1.807, 2.05) is 26.8 Å². The normalized spacial score (nSPS) is 13.1. The van der Waals surface area contributed by atoms with Crippen molar-refractivity contribution in [2.24, 2.45) is 0 Å². The first kappa shape index (κ1) is 16.2.